The van der Waals surface area contributed by atoms with E-state index in [0.29, 0.717) is 5.92 Å². The lowest BCUT2D eigenvalue weighted by molar-refractivity contribution is 0.809. The van der Waals surface area contributed by atoms with Crippen molar-refractivity contribution in [1.29, 1.82) is 0 Å². The van der Waals surface area contributed by atoms with Gasteiger partial charge in [-0.3, -0.25) is 0 Å². The Bertz CT molecular complexity index is 984. The summed E-state index contributed by atoms with van der Waals surface area (Å²) in [5.74, 6) is 0.485. The van der Waals surface area contributed by atoms with Gasteiger partial charge >= 0.3 is 0 Å². The van der Waals surface area contributed by atoms with Crippen LogP contribution in [0.4, 0.5) is 0 Å². The van der Waals surface area contributed by atoms with E-state index in [1.807, 2.05) is 0 Å². The van der Waals surface area contributed by atoms with Crippen molar-refractivity contribution in [1.82, 2.24) is 4.57 Å². The molecular weight excluding hydrogens is 278 g/mol. The van der Waals surface area contributed by atoms with Gasteiger partial charge in [-0.2, -0.15) is 0 Å². The molecule has 1 unspecified atom stereocenters. The molecule has 2 aliphatic carbocycles. The van der Waals surface area contributed by atoms with Gasteiger partial charge in [0.25, 0.3) is 0 Å². The van der Waals surface area contributed by atoms with Crippen LogP contribution in [0.25, 0.3) is 22.2 Å². The van der Waals surface area contributed by atoms with Gasteiger partial charge in [-0.05, 0) is 30.0 Å². The first kappa shape index (κ1) is 13.0. The molecule has 2 aliphatic rings. The molecule has 0 N–H and O–H groups in total. The molecular formula is C22H19N. The molecule has 0 spiro atoms. The fraction of sp³-hybridized carbons (Fsp3) is 0.182. The maximum atomic E-state index is 2.38. The van der Waals surface area contributed by atoms with Crippen LogP contribution in [0.2, 0.25) is 0 Å². The van der Waals surface area contributed by atoms with E-state index in [-0.39, 0.29) is 0 Å². The van der Waals surface area contributed by atoms with E-state index in [0.717, 1.165) is 12.8 Å². The minimum Gasteiger partial charge on any atom is -0.343 e. The second-order valence-electron chi connectivity index (χ2n) is 6.64. The maximum Gasteiger partial charge on any atom is 0.0530 e. The van der Waals surface area contributed by atoms with E-state index in [1.165, 1.54) is 33.3 Å². The van der Waals surface area contributed by atoms with E-state index < -0.39 is 0 Å². The van der Waals surface area contributed by atoms with Crippen LogP contribution in [-0.2, 0) is 7.05 Å². The maximum absolute atomic E-state index is 2.38. The molecule has 0 aliphatic heterocycles. The van der Waals surface area contributed by atoms with E-state index in [1.54, 1.807) is 5.57 Å². The van der Waals surface area contributed by atoms with Gasteiger partial charge in [-0.25, -0.2) is 0 Å². The van der Waals surface area contributed by atoms with Gasteiger partial charge in [0, 0.05) is 29.4 Å². The second-order valence-corrected chi connectivity index (χ2v) is 6.64. The first-order valence-electron chi connectivity index (χ1n) is 8.36. The Hall–Kier alpha value is -2.54. The Labute approximate surface area is 136 Å². The Kier molecular flexibility index (Phi) is 2.66. The van der Waals surface area contributed by atoms with E-state index in [4.69, 9.17) is 0 Å². The monoisotopic (exact) mass is 297 g/mol. The van der Waals surface area contributed by atoms with Crippen molar-refractivity contribution < 1.29 is 0 Å². The van der Waals surface area contributed by atoms with Crippen LogP contribution in [-0.4, -0.2) is 4.57 Å². The summed E-state index contributed by atoms with van der Waals surface area (Å²) in [5.41, 5.74) is 8.74. The largest absolute Gasteiger partial charge is 0.343 e. The zero-order valence-electron chi connectivity index (χ0n) is 13.3. The number of nitrogens with zero attached hydrogens (tertiary/aromatic N) is 1. The Morgan fingerprint density at radius 2 is 1.87 bits per heavy atom. The van der Waals surface area contributed by atoms with Crippen molar-refractivity contribution in [3.63, 3.8) is 0 Å². The normalized spacial score (nSPS) is 18.3. The van der Waals surface area contributed by atoms with Crippen LogP contribution in [0.5, 0.6) is 0 Å². The van der Waals surface area contributed by atoms with Crippen molar-refractivity contribution in [3.8, 4) is 11.3 Å². The Morgan fingerprint density at radius 3 is 2.74 bits per heavy atom. The fourth-order valence-electron chi connectivity index (χ4n) is 4.39. The summed E-state index contributed by atoms with van der Waals surface area (Å²) in [7, 11) is 2.21. The molecule has 5 rings (SSSR count). The molecule has 0 radical (unpaired) electrons. The van der Waals surface area contributed by atoms with Gasteiger partial charge in [0.15, 0.2) is 0 Å². The summed E-state index contributed by atoms with van der Waals surface area (Å²) in [5, 5.41) is 1.41. The van der Waals surface area contributed by atoms with Crippen molar-refractivity contribution >= 4 is 10.9 Å². The zero-order valence-corrected chi connectivity index (χ0v) is 13.3. The number of hydrogen-bond acceptors (Lipinski definition) is 0. The highest BCUT2D eigenvalue weighted by atomic mass is 15.0. The first-order chi connectivity index (χ1) is 11.3. The molecule has 3 aromatic rings. The minimum atomic E-state index is 0.485. The van der Waals surface area contributed by atoms with Crippen molar-refractivity contribution in [2.75, 3.05) is 0 Å². The van der Waals surface area contributed by atoms with E-state index >= 15 is 0 Å². The lowest BCUT2D eigenvalue weighted by atomic mass is 9.88. The highest BCUT2D eigenvalue weighted by Gasteiger charge is 2.33. The molecule has 1 heterocycles. The highest BCUT2D eigenvalue weighted by Crippen LogP contribution is 2.51. The number of aryl methyl sites for hydroxylation is 1. The van der Waals surface area contributed by atoms with Crippen LogP contribution in [0.3, 0.4) is 0 Å². The second kappa shape index (κ2) is 4.73. The molecule has 0 saturated carbocycles. The van der Waals surface area contributed by atoms with Gasteiger partial charge in [-0.1, -0.05) is 66.3 Å². The van der Waals surface area contributed by atoms with Gasteiger partial charge < -0.3 is 4.57 Å². The summed E-state index contributed by atoms with van der Waals surface area (Å²) in [6.45, 7) is 0. The molecule has 23 heavy (non-hydrogen) atoms. The van der Waals surface area contributed by atoms with Crippen LogP contribution < -0.4 is 0 Å². The predicted molar refractivity (Wildman–Crippen MR) is 96.7 cm³/mol. The topological polar surface area (TPSA) is 4.93 Å². The number of fused-ring (bicyclic) bond motifs is 5. The van der Waals surface area contributed by atoms with E-state index in [9.17, 15) is 0 Å². The van der Waals surface area contributed by atoms with Crippen molar-refractivity contribution in [2.45, 2.75) is 18.8 Å². The van der Waals surface area contributed by atoms with Gasteiger partial charge in [0.1, 0.15) is 0 Å². The Balaban J connectivity index is 1.78. The van der Waals surface area contributed by atoms with Crippen molar-refractivity contribution in [2.24, 2.45) is 7.05 Å². The minimum absolute atomic E-state index is 0.485. The average molecular weight is 297 g/mol. The third-order valence-electron chi connectivity index (χ3n) is 5.40. The third-order valence-corrected chi connectivity index (χ3v) is 5.40. The summed E-state index contributed by atoms with van der Waals surface area (Å²) in [4.78, 5) is 0. The smallest absolute Gasteiger partial charge is 0.0530 e. The van der Waals surface area contributed by atoms with Crippen LogP contribution in [0.15, 0.2) is 72.3 Å². The summed E-state index contributed by atoms with van der Waals surface area (Å²) in [6.07, 6.45) is 9.00. The molecule has 0 fully saturated rings. The molecule has 1 heteroatoms. The zero-order chi connectivity index (χ0) is 15.4. The van der Waals surface area contributed by atoms with Gasteiger partial charge in [-0.15, -0.1) is 0 Å². The van der Waals surface area contributed by atoms with Gasteiger partial charge in [0.2, 0.25) is 0 Å². The molecule has 0 bridgehead atoms. The number of hydrogen-bond donors (Lipinski definition) is 0. The number of aromatic nitrogens is 1. The number of benzene rings is 2. The summed E-state index contributed by atoms with van der Waals surface area (Å²) >= 11 is 0. The molecule has 1 aromatic heterocycles. The summed E-state index contributed by atoms with van der Waals surface area (Å²) < 4.78 is 2.38. The van der Waals surface area contributed by atoms with Crippen molar-refractivity contribution in [3.05, 3.63) is 83.5 Å². The highest BCUT2D eigenvalue weighted by molar-refractivity contribution is 5.96. The molecule has 2 aromatic carbocycles. The first-order valence-corrected chi connectivity index (χ1v) is 8.36. The van der Waals surface area contributed by atoms with Gasteiger partial charge in [0.05, 0.1) is 5.69 Å². The quantitative estimate of drug-likeness (QED) is 0.583. The van der Waals surface area contributed by atoms with E-state index in [2.05, 4.69) is 78.4 Å². The number of rotatable bonds is 2. The van der Waals surface area contributed by atoms with Crippen LogP contribution in [0, 0.1) is 0 Å². The lowest BCUT2D eigenvalue weighted by Crippen LogP contribution is -1.98. The molecule has 1 atom stereocenters. The molecule has 112 valence electrons. The number of allylic oxidation sites excluding steroid dienone is 4. The fourth-order valence-corrected chi connectivity index (χ4v) is 4.39. The molecule has 0 amide bonds. The molecule has 0 saturated heterocycles. The van der Waals surface area contributed by atoms with Crippen LogP contribution in [0.1, 0.15) is 29.9 Å². The average Bonchev–Trinajstić information content (AvgIpc) is 3.27. The molecule has 1 nitrogen and oxygen atoms in total. The SMILES string of the molecule is Cn1c2c(c3ccccc31)C(CC1=CC=CC1)c1ccccc1-2. The number of para-hydroxylation sites is 1. The summed E-state index contributed by atoms with van der Waals surface area (Å²) in [6, 6.07) is 17.8. The van der Waals surface area contributed by atoms with Crippen LogP contribution >= 0.6 is 0 Å². The predicted octanol–water partition coefficient (Wildman–Crippen LogP) is 5.57. The standard InChI is InChI=1S/C22H19N/c1-23-20-13-7-6-12-18(20)21-19(14-15-8-2-3-9-15)16-10-4-5-11-17(16)22(21)23/h2-8,10-13,19H,9,14H2,1H3. The third kappa shape index (κ3) is 1.74. The Morgan fingerprint density at radius 1 is 1.04 bits per heavy atom. The lowest BCUT2D eigenvalue weighted by Gasteiger charge is -2.14.